The maximum atomic E-state index is 11.9. The van der Waals surface area contributed by atoms with E-state index in [4.69, 9.17) is 0 Å². The maximum absolute atomic E-state index is 11.9. The van der Waals surface area contributed by atoms with Crippen LogP contribution in [0.3, 0.4) is 0 Å². The van der Waals surface area contributed by atoms with Gasteiger partial charge in [0.25, 0.3) is 5.91 Å². The quantitative estimate of drug-likeness (QED) is 0.790. The molecular weight excluding hydrogens is 268 g/mol. The van der Waals surface area contributed by atoms with Crippen LogP contribution in [0.2, 0.25) is 0 Å². The molecule has 0 saturated heterocycles. The van der Waals surface area contributed by atoms with Gasteiger partial charge in [-0.2, -0.15) is 0 Å². The normalized spacial score (nSPS) is 10.4. The van der Waals surface area contributed by atoms with Gasteiger partial charge in [-0.1, -0.05) is 50.1 Å². The van der Waals surface area contributed by atoms with E-state index < -0.39 is 0 Å². The third-order valence-electron chi connectivity index (χ3n) is 3.05. The minimum absolute atomic E-state index is 0.0586. The molecule has 3 nitrogen and oxygen atoms in total. The molecule has 0 aliphatic heterocycles. The molecule has 0 unspecified atom stereocenters. The van der Waals surface area contributed by atoms with Crippen molar-refractivity contribution < 1.29 is 4.79 Å². The lowest BCUT2D eigenvalue weighted by Gasteiger charge is -2.01. The Morgan fingerprint density at radius 2 is 2.05 bits per heavy atom. The third kappa shape index (κ3) is 4.46. The van der Waals surface area contributed by atoms with Gasteiger partial charge in [-0.3, -0.25) is 4.79 Å². The van der Waals surface area contributed by atoms with Crippen molar-refractivity contribution in [2.45, 2.75) is 32.6 Å². The molecule has 1 N–H and O–H groups in total. The molecule has 0 saturated carbocycles. The molecule has 1 aromatic heterocycles. The van der Waals surface area contributed by atoms with E-state index in [1.807, 2.05) is 23.6 Å². The van der Waals surface area contributed by atoms with Crippen LogP contribution < -0.4 is 5.32 Å². The van der Waals surface area contributed by atoms with Crippen LogP contribution in [0.15, 0.2) is 35.7 Å². The zero-order valence-electron chi connectivity index (χ0n) is 11.8. The zero-order valence-corrected chi connectivity index (χ0v) is 12.6. The average molecular weight is 288 g/mol. The van der Waals surface area contributed by atoms with Crippen molar-refractivity contribution in [1.29, 1.82) is 0 Å². The Kier molecular flexibility index (Phi) is 5.74. The highest BCUT2D eigenvalue weighted by Crippen LogP contribution is 2.14. The van der Waals surface area contributed by atoms with E-state index in [0.717, 1.165) is 37.2 Å². The van der Waals surface area contributed by atoms with E-state index in [-0.39, 0.29) is 5.91 Å². The monoisotopic (exact) mass is 288 g/mol. The molecule has 1 aromatic carbocycles. The van der Waals surface area contributed by atoms with Gasteiger partial charge in [0.2, 0.25) is 0 Å². The Hall–Kier alpha value is -1.68. The number of hydrogen-bond donors (Lipinski definition) is 1. The summed E-state index contributed by atoms with van der Waals surface area (Å²) < 4.78 is 0. The number of unbranched alkanes of at least 4 members (excludes halogenated alkanes) is 2. The SMILES string of the molecule is CCCCCNC(=O)c1csc(Cc2ccccc2)n1. The van der Waals surface area contributed by atoms with Gasteiger partial charge < -0.3 is 5.32 Å². The molecule has 0 aliphatic rings. The number of rotatable bonds is 7. The van der Waals surface area contributed by atoms with Gasteiger partial charge in [0, 0.05) is 18.3 Å². The highest BCUT2D eigenvalue weighted by Gasteiger charge is 2.10. The average Bonchev–Trinajstić information content (AvgIpc) is 2.93. The molecule has 0 spiro atoms. The van der Waals surface area contributed by atoms with Crippen LogP contribution in [0.5, 0.6) is 0 Å². The third-order valence-corrected chi connectivity index (χ3v) is 3.90. The van der Waals surface area contributed by atoms with Crippen LogP contribution in [0, 0.1) is 0 Å². The first-order chi connectivity index (χ1) is 9.79. The zero-order chi connectivity index (χ0) is 14.2. The summed E-state index contributed by atoms with van der Waals surface area (Å²) in [4.78, 5) is 16.3. The Morgan fingerprint density at radius 1 is 1.25 bits per heavy atom. The minimum Gasteiger partial charge on any atom is -0.351 e. The summed E-state index contributed by atoms with van der Waals surface area (Å²) >= 11 is 1.54. The van der Waals surface area contributed by atoms with Gasteiger partial charge in [0.15, 0.2) is 0 Å². The number of nitrogens with one attached hydrogen (secondary N) is 1. The van der Waals surface area contributed by atoms with E-state index in [9.17, 15) is 4.79 Å². The molecule has 20 heavy (non-hydrogen) atoms. The Morgan fingerprint density at radius 3 is 2.80 bits per heavy atom. The molecule has 0 bridgehead atoms. The lowest BCUT2D eigenvalue weighted by atomic mass is 10.2. The minimum atomic E-state index is -0.0586. The van der Waals surface area contributed by atoms with E-state index in [0.29, 0.717) is 5.69 Å². The smallest absolute Gasteiger partial charge is 0.270 e. The number of carbonyl (C=O) groups excluding carboxylic acids is 1. The van der Waals surface area contributed by atoms with Gasteiger partial charge in [0.1, 0.15) is 5.69 Å². The molecule has 0 radical (unpaired) electrons. The fourth-order valence-corrected chi connectivity index (χ4v) is 2.74. The lowest BCUT2D eigenvalue weighted by molar-refractivity contribution is 0.0948. The summed E-state index contributed by atoms with van der Waals surface area (Å²) in [5.74, 6) is -0.0586. The summed E-state index contributed by atoms with van der Waals surface area (Å²) in [5.41, 5.74) is 1.76. The topological polar surface area (TPSA) is 42.0 Å². The van der Waals surface area contributed by atoms with E-state index in [1.165, 1.54) is 5.56 Å². The van der Waals surface area contributed by atoms with Gasteiger partial charge in [0.05, 0.1) is 5.01 Å². The van der Waals surface area contributed by atoms with Crippen LogP contribution in [0.1, 0.15) is 47.2 Å². The number of thiazole rings is 1. The van der Waals surface area contributed by atoms with Crippen LogP contribution in [-0.2, 0) is 6.42 Å². The molecule has 106 valence electrons. The first-order valence-electron chi connectivity index (χ1n) is 7.06. The second-order valence-corrected chi connectivity index (χ2v) is 5.69. The largest absolute Gasteiger partial charge is 0.351 e. The van der Waals surface area contributed by atoms with E-state index in [1.54, 1.807) is 11.3 Å². The van der Waals surface area contributed by atoms with Crippen molar-refractivity contribution in [3.05, 3.63) is 52.0 Å². The second kappa shape index (κ2) is 7.80. The summed E-state index contributed by atoms with van der Waals surface area (Å²) in [7, 11) is 0. The number of carbonyl (C=O) groups is 1. The second-order valence-electron chi connectivity index (χ2n) is 4.75. The number of amides is 1. The summed E-state index contributed by atoms with van der Waals surface area (Å²) in [6.45, 7) is 2.89. The summed E-state index contributed by atoms with van der Waals surface area (Å²) in [6, 6.07) is 10.2. The first-order valence-corrected chi connectivity index (χ1v) is 7.94. The molecule has 2 aromatic rings. The van der Waals surface area contributed by atoms with Crippen LogP contribution in [0.25, 0.3) is 0 Å². The molecule has 0 atom stereocenters. The number of nitrogens with zero attached hydrogens (tertiary/aromatic N) is 1. The highest BCUT2D eigenvalue weighted by atomic mass is 32.1. The molecule has 1 heterocycles. The fourth-order valence-electron chi connectivity index (χ4n) is 1.93. The van der Waals surface area contributed by atoms with Gasteiger partial charge >= 0.3 is 0 Å². The van der Waals surface area contributed by atoms with Gasteiger partial charge in [-0.25, -0.2) is 4.98 Å². The fraction of sp³-hybridized carbons (Fsp3) is 0.375. The number of aromatic nitrogens is 1. The van der Waals surface area contributed by atoms with Crippen molar-refractivity contribution in [2.75, 3.05) is 6.54 Å². The first kappa shape index (κ1) is 14.7. The van der Waals surface area contributed by atoms with E-state index in [2.05, 4.69) is 29.4 Å². The predicted molar refractivity (Wildman–Crippen MR) is 83.2 cm³/mol. The van der Waals surface area contributed by atoms with Gasteiger partial charge in [-0.05, 0) is 12.0 Å². The predicted octanol–water partition coefficient (Wildman–Crippen LogP) is 3.65. The lowest BCUT2D eigenvalue weighted by Crippen LogP contribution is -2.24. The van der Waals surface area contributed by atoms with Crippen molar-refractivity contribution in [2.24, 2.45) is 0 Å². The standard InChI is InChI=1S/C16H20N2OS/c1-2-3-7-10-17-16(19)14-12-20-15(18-14)11-13-8-5-4-6-9-13/h4-6,8-9,12H,2-3,7,10-11H2,1H3,(H,17,19). The molecule has 0 fully saturated rings. The Bertz CT molecular complexity index is 536. The van der Waals surface area contributed by atoms with Crippen molar-refractivity contribution in [1.82, 2.24) is 10.3 Å². The van der Waals surface area contributed by atoms with Crippen LogP contribution in [0.4, 0.5) is 0 Å². The van der Waals surface area contributed by atoms with Crippen molar-refractivity contribution >= 4 is 17.2 Å². The Labute approximate surface area is 124 Å². The molecule has 0 aliphatic carbocycles. The van der Waals surface area contributed by atoms with Gasteiger partial charge in [-0.15, -0.1) is 11.3 Å². The van der Waals surface area contributed by atoms with Crippen molar-refractivity contribution in [3.8, 4) is 0 Å². The summed E-state index contributed by atoms with van der Waals surface area (Å²) in [6.07, 6.45) is 4.13. The maximum Gasteiger partial charge on any atom is 0.270 e. The van der Waals surface area contributed by atoms with Crippen molar-refractivity contribution in [3.63, 3.8) is 0 Å². The van der Waals surface area contributed by atoms with Crippen LogP contribution >= 0.6 is 11.3 Å². The molecule has 2 rings (SSSR count). The molecular formula is C16H20N2OS. The molecule has 4 heteroatoms. The summed E-state index contributed by atoms with van der Waals surface area (Å²) in [5, 5.41) is 5.74. The van der Waals surface area contributed by atoms with E-state index >= 15 is 0 Å². The molecule has 1 amide bonds. The Balaban J connectivity index is 1.87. The number of hydrogen-bond acceptors (Lipinski definition) is 3. The highest BCUT2D eigenvalue weighted by molar-refractivity contribution is 7.09. The van der Waals surface area contributed by atoms with Crippen LogP contribution in [-0.4, -0.2) is 17.4 Å². The number of benzene rings is 1.